The van der Waals surface area contributed by atoms with Gasteiger partial charge in [0.1, 0.15) is 10.6 Å². The number of benzene rings is 1. The third-order valence-corrected chi connectivity index (χ3v) is 7.09. The van der Waals surface area contributed by atoms with Crippen molar-refractivity contribution in [3.8, 4) is 5.88 Å². The van der Waals surface area contributed by atoms with E-state index in [0.29, 0.717) is 26.9 Å². The van der Waals surface area contributed by atoms with E-state index in [9.17, 15) is 9.59 Å². The number of rotatable bonds is 4. The number of furan rings is 1. The Morgan fingerprint density at radius 3 is 2.81 bits per heavy atom. The first-order chi connectivity index (χ1) is 15.0. The second-order valence-corrected chi connectivity index (χ2v) is 9.10. The lowest BCUT2D eigenvalue weighted by Crippen LogP contribution is -2.45. The van der Waals surface area contributed by atoms with Gasteiger partial charge in [0, 0.05) is 6.07 Å². The van der Waals surface area contributed by atoms with Crippen LogP contribution < -0.4 is 15.4 Å². The molecule has 7 nitrogen and oxygen atoms in total. The van der Waals surface area contributed by atoms with E-state index in [2.05, 4.69) is 15.6 Å². The van der Waals surface area contributed by atoms with Crippen molar-refractivity contribution in [2.75, 3.05) is 0 Å². The van der Waals surface area contributed by atoms with Crippen molar-refractivity contribution in [2.24, 2.45) is 0 Å². The number of halogens is 2. The van der Waals surface area contributed by atoms with Crippen molar-refractivity contribution in [1.29, 1.82) is 0 Å². The normalized spacial score (nSPS) is 17.5. The summed E-state index contributed by atoms with van der Waals surface area (Å²) in [7, 11) is 0. The van der Waals surface area contributed by atoms with Crippen LogP contribution >= 0.6 is 34.5 Å². The highest BCUT2D eigenvalue weighted by Gasteiger charge is 2.35. The molecule has 1 aliphatic rings. The Bertz CT molecular complexity index is 1280. The number of carbonyl (C=O) groups excluding carboxylic acids is 2. The number of hydrogen-bond donors (Lipinski definition) is 3. The van der Waals surface area contributed by atoms with E-state index in [4.69, 9.17) is 32.4 Å². The van der Waals surface area contributed by atoms with Crippen molar-refractivity contribution in [3.05, 3.63) is 75.0 Å². The molecule has 3 N–H and O–H groups in total. The number of thiophene rings is 1. The van der Waals surface area contributed by atoms with Crippen LogP contribution in [-0.2, 0) is 6.42 Å². The van der Waals surface area contributed by atoms with Crippen LogP contribution in [0.4, 0.5) is 4.79 Å². The van der Waals surface area contributed by atoms with E-state index in [1.165, 1.54) is 23.9 Å². The van der Waals surface area contributed by atoms with Crippen molar-refractivity contribution in [1.82, 2.24) is 15.6 Å². The highest BCUT2D eigenvalue weighted by molar-refractivity contribution is 7.23. The van der Waals surface area contributed by atoms with Crippen LogP contribution in [0.15, 0.2) is 53.3 Å². The quantitative estimate of drug-likeness (QED) is 0.372. The standard InChI is InChI=1S/C21H15Cl2N3O4S/c22-16-18-14(31-19(16)23)8-15(25-18)30-21(28)24-13-7-10-3-1-2-4-12(10)17(13)26-20(27)11-5-6-29-9-11/h1-6,8-9,13,17,25H,7H2,(H,24,28)(H,26,27)/t13-,17-/m0/s1. The molecule has 3 heterocycles. The molecule has 158 valence electrons. The molecule has 1 aliphatic carbocycles. The van der Waals surface area contributed by atoms with E-state index in [1.807, 2.05) is 24.3 Å². The van der Waals surface area contributed by atoms with Gasteiger partial charge in [-0.25, -0.2) is 4.79 Å². The maximum Gasteiger partial charge on any atom is 0.414 e. The Hall–Kier alpha value is -2.94. The van der Waals surface area contributed by atoms with Crippen molar-refractivity contribution >= 4 is 56.8 Å². The van der Waals surface area contributed by atoms with Crippen molar-refractivity contribution in [2.45, 2.75) is 18.5 Å². The van der Waals surface area contributed by atoms with Crippen molar-refractivity contribution < 1.29 is 18.7 Å². The van der Waals surface area contributed by atoms with Crippen LogP contribution in [0, 0.1) is 0 Å². The van der Waals surface area contributed by atoms with Crippen LogP contribution in [0.2, 0.25) is 9.36 Å². The number of ether oxygens (including phenoxy) is 1. The topological polar surface area (TPSA) is 96.4 Å². The second kappa shape index (κ2) is 7.96. The van der Waals surface area contributed by atoms with E-state index in [0.717, 1.165) is 15.8 Å². The first-order valence-corrected chi connectivity index (χ1v) is 10.9. The van der Waals surface area contributed by atoms with E-state index >= 15 is 0 Å². The Morgan fingerprint density at radius 2 is 2.03 bits per heavy atom. The van der Waals surface area contributed by atoms with Gasteiger partial charge in [-0.2, -0.15) is 0 Å². The molecule has 0 aliphatic heterocycles. The number of nitrogens with one attached hydrogen (secondary N) is 3. The molecule has 0 radical (unpaired) electrons. The zero-order valence-corrected chi connectivity index (χ0v) is 18.1. The largest absolute Gasteiger partial charge is 0.472 e. The zero-order chi connectivity index (χ0) is 21.5. The summed E-state index contributed by atoms with van der Waals surface area (Å²) in [5, 5.41) is 6.24. The number of amides is 2. The van der Waals surface area contributed by atoms with Gasteiger partial charge in [0.2, 0.25) is 5.88 Å². The number of aromatic amines is 1. The third kappa shape index (κ3) is 3.78. The number of fused-ring (bicyclic) bond motifs is 2. The van der Waals surface area contributed by atoms with Crippen LogP contribution in [0.1, 0.15) is 27.5 Å². The smallest absolute Gasteiger partial charge is 0.414 e. The van der Waals surface area contributed by atoms with E-state index in [1.54, 1.807) is 12.1 Å². The number of aromatic nitrogens is 1. The average Bonchev–Trinajstić information content (AvgIpc) is 3.51. The lowest BCUT2D eigenvalue weighted by atomic mass is 10.1. The van der Waals surface area contributed by atoms with Gasteiger partial charge < -0.3 is 24.8 Å². The molecule has 0 fully saturated rings. The third-order valence-electron chi connectivity index (χ3n) is 5.16. The summed E-state index contributed by atoms with van der Waals surface area (Å²) in [6.45, 7) is 0. The van der Waals surface area contributed by atoms with Gasteiger partial charge in [-0.1, -0.05) is 47.5 Å². The van der Waals surface area contributed by atoms with Crippen molar-refractivity contribution in [3.63, 3.8) is 0 Å². The minimum atomic E-state index is -0.642. The zero-order valence-electron chi connectivity index (χ0n) is 15.8. The molecule has 0 bridgehead atoms. The Labute approximate surface area is 190 Å². The minimum absolute atomic E-state index is 0.256. The molecule has 31 heavy (non-hydrogen) atoms. The highest BCUT2D eigenvalue weighted by Crippen LogP contribution is 2.40. The molecule has 0 spiro atoms. The number of hydrogen-bond acceptors (Lipinski definition) is 5. The average molecular weight is 476 g/mol. The molecule has 1 aromatic carbocycles. The van der Waals surface area contributed by atoms with Crippen LogP contribution in [0.3, 0.4) is 0 Å². The monoisotopic (exact) mass is 475 g/mol. The lowest BCUT2D eigenvalue weighted by Gasteiger charge is -2.22. The van der Waals surface area contributed by atoms with Gasteiger partial charge in [-0.05, 0) is 23.6 Å². The van der Waals surface area contributed by atoms with Gasteiger partial charge in [0.25, 0.3) is 5.91 Å². The summed E-state index contributed by atoms with van der Waals surface area (Å²) < 4.78 is 11.7. The second-order valence-electron chi connectivity index (χ2n) is 7.07. The Morgan fingerprint density at radius 1 is 1.19 bits per heavy atom. The summed E-state index contributed by atoms with van der Waals surface area (Å²) in [4.78, 5) is 28.1. The summed E-state index contributed by atoms with van der Waals surface area (Å²) in [6, 6.07) is 10.2. The predicted molar refractivity (Wildman–Crippen MR) is 118 cm³/mol. The molecule has 5 rings (SSSR count). The first kappa shape index (κ1) is 20.0. The van der Waals surface area contributed by atoms with Gasteiger partial charge in [-0.15, -0.1) is 11.3 Å². The number of H-pyrrole nitrogens is 1. The molecule has 4 aromatic rings. The van der Waals surface area contributed by atoms with Gasteiger partial charge in [0.05, 0.1) is 39.1 Å². The minimum Gasteiger partial charge on any atom is -0.472 e. The van der Waals surface area contributed by atoms with Gasteiger partial charge in [-0.3, -0.25) is 4.79 Å². The van der Waals surface area contributed by atoms with E-state index in [-0.39, 0.29) is 17.8 Å². The molecule has 0 saturated carbocycles. The fraction of sp³-hybridized carbons (Fsp3) is 0.143. The maximum atomic E-state index is 12.6. The molecule has 2 amide bonds. The van der Waals surface area contributed by atoms with Gasteiger partial charge in [0.15, 0.2) is 0 Å². The summed E-state index contributed by atoms with van der Waals surface area (Å²) >= 11 is 13.4. The number of carbonyl (C=O) groups is 2. The predicted octanol–water partition coefficient (Wildman–Crippen LogP) is 5.31. The van der Waals surface area contributed by atoms with Crippen LogP contribution in [0.5, 0.6) is 5.88 Å². The molecule has 0 unspecified atom stereocenters. The maximum absolute atomic E-state index is 12.6. The molecule has 0 saturated heterocycles. The molecular weight excluding hydrogens is 461 g/mol. The lowest BCUT2D eigenvalue weighted by molar-refractivity contribution is 0.0927. The van der Waals surface area contributed by atoms with Gasteiger partial charge >= 0.3 is 6.09 Å². The molecule has 3 aromatic heterocycles. The molecule has 2 atom stereocenters. The summed E-state index contributed by atoms with van der Waals surface area (Å²) in [5.41, 5.74) is 3.03. The highest BCUT2D eigenvalue weighted by atomic mass is 35.5. The van der Waals surface area contributed by atoms with Crippen LogP contribution in [-0.4, -0.2) is 23.0 Å². The SMILES string of the molecule is O=C(N[C@H]1Cc2ccccc2[C@@H]1NC(=O)c1ccoc1)Oc1cc2sc(Cl)c(Cl)c2[nH]1. The fourth-order valence-corrected chi connectivity index (χ4v) is 5.23. The summed E-state index contributed by atoms with van der Waals surface area (Å²) in [5.74, 6) is -0.0291. The Balaban J connectivity index is 1.32. The summed E-state index contributed by atoms with van der Waals surface area (Å²) in [6.07, 6.45) is 2.73. The Kier molecular flexibility index (Phi) is 5.13. The molecule has 10 heteroatoms. The molecular formula is C21H15Cl2N3O4S. The van der Waals surface area contributed by atoms with E-state index < -0.39 is 12.1 Å². The fourth-order valence-electron chi connectivity index (χ4n) is 3.76. The van der Waals surface area contributed by atoms with Crippen LogP contribution in [0.25, 0.3) is 10.2 Å². The first-order valence-electron chi connectivity index (χ1n) is 9.35.